The quantitative estimate of drug-likeness (QED) is 0.506. The van der Waals surface area contributed by atoms with E-state index in [1.165, 1.54) is 12.3 Å². The molecule has 1 fully saturated rings. The number of amides is 1. The number of rotatable bonds is 4. The predicted octanol–water partition coefficient (Wildman–Crippen LogP) is 1.97. The van der Waals surface area contributed by atoms with E-state index in [1.807, 2.05) is 0 Å². The molecule has 1 saturated carbocycles. The Morgan fingerprint density at radius 2 is 2.35 bits per heavy atom. The Balaban J connectivity index is 2.06. The SMILES string of the molecule is O=C(NC1(CBr)CCC1)c1cc([N+](=O)[O-])c[nH]1. The number of hydrogen-bond acceptors (Lipinski definition) is 3. The average Bonchev–Trinajstić information content (AvgIpc) is 2.72. The van der Waals surface area contributed by atoms with Gasteiger partial charge < -0.3 is 10.3 Å². The van der Waals surface area contributed by atoms with Crippen LogP contribution in [0.5, 0.6) is 0 Å². The highest BCUT2D eigenvalue weighted by atomic mass is 79.9. The summed E-state index contributed by atoms with van der Waals surface area (Å²) in [6, 6.07) is 1.25. The van der Waals surface area contributed by atoms with Gasteiger partial charge in [0.1, 0.15) is 5.69 Å². The highest BCUT2D eigenvalue weighted by Crippen LogP contribution is 2.33. The number of hydrogen-bond donors (Lipinski definition) is 2. The lowest BCUT2D eigenvalue weighted by atomic mass is 9.78. The van der Waals surface area contributed by atoms with Crippen LogP contribution in [0.1, 0.15) is 29.8 Å². The third-order valence-corrected chi connectivity index (χ3v) is 4.14. The third kappa shape index (κ3) is 2.33. The molecule has 0 bridgehead atoms. The minimum atomic E-state index is -0.531. The van der Waals surface area contributed by atoms with Gasteiger partial charge in [-0.15, -0.1) is 0 Å². The molecule has 0 aromatic carbocycles. The number of alkyl halides is 1. The van der Waals surface area contributed by atoms with Gasteiger partial charge in [0.25, 0.3) is 11.6 Å². The second-order valence-electron chi connectivity index (χ2n) is 4.25. The Morgan fingerprint density at radius 3 is 2.76 bits per heavy atom. The number of aromatic amines is 1. The summed E-state index contributed by atoms with van der Waals surface area (Å²) in [5.41, 5.74) is -0.0580. The molecular weight excluding hydrogens is 290 g/mol. The molecular formula is C10H12BrN3O3. The molecule has 0 radical (unpaired) electrons. The lowest BCUT2D eigenvalue weighted by molar-refractivity contribution is -0.384. The van der Waals surface area contributed by atoms with Gasteiger partial charge in [-0.25, -0.2) is 0 Å². The Morgan fingerprint density at radius 1 is 1.65 bits per heavy atom. The zero-order chi connectivity index (χ0) is 12.5. The maximum atomic E-state index is 11.9. The van der Waals surface area contributed by atoms with Gasteiger partial charge in [0.2, 0.25) is 0 Å². The summed E-state index contributed by atoms with van der Waals surface area (Å²) < 4.78 is 0. The minimum absolute atomic E-state index is 0.100. The fourth-order valence-electron chi connectivity index (χ4n) is 1.82. The molecule has 0 spiro atoms. The van der Waals surface area contributed by atoms with Gasteiger partial charge >= 0.3 is 0 Å². The molecule has 0 unspecified atom stereocenters. The summed E-state index contributed by atoms with van der Waals surface area (Å²) in [6.45, 7) is 0. The zero-order valence-electron chi connectivity index (χ0n) is 9.03. The van der Waals surface area contributed by atoms with Gasteiger partial charge in [-0.05, 0) is 19.3 Å². The Hall–Kier alpha value is -1.37. The van der Waals surface area contributed by atoms with E-state index in [1.54, 1.807) is 0 Å². The first-order valence-electron chi connectivity index (χ1n) is 5.28. The smallest absolute Gasteiger partial charge is 0.287 e. The first-order chi connectivity index (χ1) is 8.06. The summed E-state index contributed by atoms with van der Waals surface area (Å²) in [7, 11) is 0. The van der Waals surface area contributed by atoms with Gasteiger partial charge in [-0.3, -0.25) is 14.9 Å². The third-order valence-electron chi connectivity index (χ3n) is 3.07. The fraction of sp³-hybridized carbons (Fsp3) is 0.500. The molecule has 1 aromatic heterocycles. The topological polar surface area (TPSA) is 88.0 Å². The largest absolute Gasteiger partial charge is 0.351 e. The second-order valence-corrected chi connectivity index (χ2v) is 4.81. The van der Waals surface area contributed by atoms with Crippen LogP contribution in [0.15, 0.2) is 12.3 Å². The van der Waals surface area contributed by atoms with E-state index < -0.39 is 4.92 Å². The maximum Gasteiger partial charge on any atom is 0.287 e. The van der Waals surface area contributed by atoms with Gasteiger partial charge in [0, 0.05) is 11.4 Å². The molecule has 1 amide bonds. The van der Waals surface area contributed by atoms with E-state index >= 15 is 0 Å². The van der Waals surface area contributed by atoms with E-state index in [-0.39, 0.29) is 22.8 Å². The van der Waals surface area contributed by atoms with Crippen LogP contribution in [0.25, 0.3) is 0 Å². The molecule has 0 atom stereocenters. The van der Waals surface area contributed by atoms with Crippen molar-refractivity contribution in [2.45, 2.75) is 24.8 Å². The van der Waals surface area contributed by atoms with Gasteiger partial charge in [0.15, 0.2) is 0 Å². The van der Waals surface area contributed by atoms with Crippen LogP contribution in [-0.2, 0) is 0 Å². The van der Waals surface area contributed by atoms with Crippen molar-refractivity contribution < 1.29 is 9.72 Å². The molecule has 92 valence electrons. The number of aromatic nitrogens is 1. The number of carbonyl (C=O) groups is 1. The minimum Gasteiger partial charge on any atom is -0.351 e. The van der Waals surface area contributed by atoms with Crippen LogP contribution in [0.3, 0.4) is 0 Å². The molecule has 0 saturated heterocycles. The molecule has 0 aliphatic heterocycles. The van der Waals surface area contributed by atoms with Crippen molar-refractivity contribution in [1.29, 1.82) is 0 Å². The van der Waals surface area contributed by atoms with Crippen LogP contribution in [0.2, 0.25) is 0 Å². The van der Waals surface area contributed by atoms with Crippen LogP contribution in [-0.4, -0.2) is 26.7 Å². The van der Waals surface area contributed by atoms with Crippen molar-refractivity contribution in [2.75, 3.05) is 5.33 Å². The monoisotopic (exact) mass is 301 g/mol. The molecule has 2 N–H and O–H groups in total. The van der Waals surface area contributed by atoms with E-state index in [0.717, 1.165) is 19.3 Å². The van der Waals surface area contributed by atoms with Gasteiger partial charge in [0.05, 0.1) is 16.7 Å². The Labute approximate surface area is 106 Å². The Kier molecular flexibility index (Phi) is 3.19. The molecule has 7 heteroatoms. The van der Waals surface area contributed by atoms with Gasteiger partial charge in [-0.2, -0.15) is 0 Å². The lowest BCUT2D eigenvalue weighted by Crippen LogP contribution is -2.54. The van der Waals surface area contributed by atoms with Crippen LogP contribution >= 0.6 is 15.9 Å². The van der Waals surface area contributed by atoms with Crippen molar-refractivity contribution in [3.63, 3.8) is 0 Å². The fourth-order valence-corrected chi connectivity index (χ4v) is 2.52. The van der Waals surface area contributed by atoms with Crippen molar-refractivity contribution >= 4 is 27.5 Å². The average molecular weight is 302 g/mol. The highest BCUT2D eigenvalue weighted by Gasteiger charge is 2.37. The maximum absolute atomic E-state index is 11.9. The van der Waals surface area contributed by atoms with Crippen LogP contribution in [0, 0.1) is 10.1 Å². The van der Waals surface area contributed by atoms with Crippen molar-refractivity contribution in [2.24, 2.45) is 0 Å². The summed E-state index contributed by atoms with van der Waals surface area (Å²) in [6.07, 6.45) is 4.19. The summed E-state index contributed by atoms with van der Waals surface area (Å²) in [4.78, 5) is 24.4. The van der Waals surface area contributed by atoms with Crippen molar-refractivity contribution in [1.82, 2.24) is 10.3 Å². The van der Waals surface area contributed by atoms with Crippen LogP contribution in [0.4, 0.5) is 5.69 Å². The molecule has 1 aliphatic rings. The molecule has 17 heavy (non-hydrogen) atoms. The normalized spacial score (nSPS) is 17.2. The summed E-state index contributed by atoms with van der Waals surface area (Å²) in [5, 5.41) is 14.1. The predicted molar refractivity (Wildman–Crippen MR) is 65.3 cm³/mol. The molecule has 1 aliphatic carbocycles. The van der Waals surface area contributed by atoms with E-state index in [9.17, 15) is 14.9 Å². The van der Waals surface area contributed by atoms with E-state index in [0.29, 0.717) is 5.33 Å². The number of nitro groups is 1. The standard InChI is InChI=1S/C10H12BrN3O3/c11-6-10(2-1-3-10)13-9(15)8-4-7(5-12-8)14(16)17/h4-5,12H,1-3,6H2,(H,13,15). The first-order valence-corrected chi connectivity index (χ1v) is 6.40. The molecule has 1 heterocycles. The number of halogens is 1. The number of carbonyl (C=O) groups excluding carboxylic acids is 1. The molecule has 2 rings (SSSR count). The highest BCUT2D eigenvalue weighted by molar-refractivity contribution is 9.09. The Bertz CT molecular complexity index is 448. The number of H-pyrrole nitrogens is 1. The number of nitrogens with zero attached hydrogens (tertiary/aromatic N) is 1. The molecule has 1 aromatic rings. The molecule has 6 nitrogen and oxygen atoms in total. The number of nitrogens with one attached hydrogen (secondary N) is 2. The van der Waals surface area contributed by atoms with E-state index in [4.69, 9.17) is 0 Å². The second kappa shape index (κ2) is 4.48. The van der Waals surface area contributed by atoms with Crippen LogP contribution < -0.4 is 5.32 Å². The van der Waals surface area contributed by atoms with Crippen molar-refractivity contribution in [3.8, 4) is 0 Å². The summed E-state index contributed by atoms with van der Waals surface area (Å²) in [5.74, 6) is -0.294. The zero-order valence-corrected chi connectivity index (χ0v) is 10.6. The lowest BCUT2D eigenvalue weighted by Gasteiger charge is -2.41. The first kappa shape index (κ1) is 12.1. The summed E-state index contributed by atoms with van der Waals surface area (Å²) >= 11 is 3.38. The van der Waals surface area contributed by atoms with E-state index in [2.05, 4.69) is 26.2 Å². The van der Waals surface area contributed by atoms with Crippen molar-refractivity contribution in [3.05, 3.63) is 28.1 Å². The van der Waals surface area contributed by atoms with Gasteiger partial charge in [-0.1, -0.05) is 15.9 Å².